The minimum Gasteiger partial charge on any atom is -0.345 e. The fraction of sp³-hybridized carbons (Fsp3) is 0.333. The van der Waals surface area contributed by atoms with Gasteiger partial charge in [0.05, 0.1) is 6.54 Å². The first-order valence-corrected chi connectivity index (χ1v) is 5.85. The summed E-state index contributed by atoms with van der Waals surface area (Å²) in [5.41, 5.74) is 2.68. The van der Waals surface area contributed by atoms with Crippen LogP contribution in [0.4, 0.5) is 0 Å². The number of rotatable bonds is 5. The number of hydrogen-bond acceptors (Lipinski definition) is 2. The van der Waals surface area contributed by atoms with Crippen LogP contribution in [0.1, 0.15) is 34.3 Å². The molecule has 0 saturated heterocycles. The van der Waals surface area contributed by atoms with Crippen molar-refractivity contribution in [2.24, 2.45) is 0 Å². The van der Waals surface area contributed by atoms with Crippen molar-refractivity contribution in [3.8, 4) is 12.3 Å². The minimum atomic E-state index is -0.188. The number of carbonyl (C=O) groups excluding carboxylic acids is 2. The molecule has 1 aromatic rings. The fourth-order valence-electron chi connectivity index (χ4n) is 1.64. The summed E-state index contributed by atoms with van der Waals surface area (Å²) in [4.78, 5) is 23.3. The summed E-state index contributed by atoms with van der Waals surface area (Å²) < 4.78 is 0. The zero-order chi connectivity index (χ0) is 13.5. The molecule has 0 radical (unpaired) electrons. The van der Waals surface area contributed by atoms with Crippen LogP contribution < -0.4 is 5.32 Å². The number of aryl methyl sites for hydroxylation is 2. The van der Waals surface area contributed by atoms with E-state index < -0.39 is 0 Å². The molecule has 0 aliphatic heterocycles. The van der Waals surface area contributed by atoms with Crippen molar-refractivity contribution in [2.75, 3.05) is 6.54 Å². The monoisotopic (exact) mass is 243 g/mol. The topological polar surface area (TPSA) is 46.2 Å². The van der Waals surface area contributed by atoms with Crippen LogP contribution in [-0.4, -0.2) is 18.2 Å². The molecule has 0 atom stereocenters. The predicted molar refractivity (Wildman–Crippen MR) is 71.3 cm³/mol. The van der Waals surface area contributed by atoms with E-state index in [0.29, 0.717) is 5.56 Å². The second-order valence-corrected chi connectivity index (χ2v) is 4.22. The Kier molecular flexibility index (Phi) is 5.13. The lowest BCUT2D eigenvalue weighted by Crippen LogP contribution is -2.24. The minimum absolute atomic E-state index is 0.00735. The first kappa shape index (κ1) is 14.0. The van der Waals surface area contributed by atoms with Gasteiger partial charge in [-0.05, 0) is 25.5 Å². The fourth-order valence-corrected chi connectivity index (χ4v) is 1.64. The Morgan fingerprint density at radius 2 is 2.00 bits per heavy atom. The normalized spacial score (nSPS) is 9.61. The molecule has 18 heavy (non-hydrogen) atoms. The first-order valence-electron chi connectivity index (χ1n) is 5.85. The van der Waals surface area contributed by atoms with E-state index in [2.05, 4.69) is 11.2 Å². The molecular formula is C15H17NO2. The van der Waals surface area contributed by atoms with E-state index in [1.165, 1.54) is 0 Å². The van der Waals surface area contributed by atoms with Crippen LogP contribution in [0.2, 0.25) is 0 Å². The van der Waals surface area contributed by atoms with E-state index in [-0.39, 0.29) is 31.1 Å². The molecule has 0 bridgehead atoms. The summed E-state index contributed by atoms with van der Waals surface area (Å²) in [7, 11) is 0. The summed E-state index contributed by atoms with van der Waals surface area (Å²) in [6.07, 6.45) is 5.41. The van der Waals surface area contributed by atoms with E-state index in [1.54, 1.807) is 0 Å². The number of benzene rings is 1. The van der Waals surface area contributed by atoms with Gasteiger partial charge in [-0.25, -0.2) is 0 Å². The molecule has 0 spiro atoms. The van der Waals surface area contributed by atoms with Gasteiger partial charge in [0, 0.05) is 18.4 Å². The predicted octanol–water partition coefficient (Wildman–Crippen LogP) is 2.02. The smallest absolute Gasteiger partial charge is 0.221 e. The largest absolute Gasteiger partial charge is 0.345 e. The van der Waals surface area contributed by atoms with E-state index in [9.17, 15) is 9.59 Å². The molecule has 1 N–H and O–H groups in total. The van der Waals surface area contributed by atoms with Gasteiger partial charge in [-0.1, -0.05) is 23.6 Å². The Morgan fingerprint density at radius 3 is 2.67 bits per heavy atom. The van der Waals surface area contributed by atoms with Gasteiger partial charge in [0.1, 0.15) is 0 Å². The lowest BCUT2D eigenvalue weighted by molar-refractivity contribution is -0.120. The molecule has 0 heterocycles. The van der Waals surface area contributed by atoms with Crippen molar-refractivity contribution >= 4 is 11.7 Å². The number of amides is 1. The molecule has 0 aliphatic rings. The van der Waals surface area contributed by atoms with Crippen LogP contribution in [-0.2, 0) is 4.79 Å². The average Bonchev–Trinajstić information content (AvgIpc) is 2.36. The van der Waals surface area contributed by atoms with Gasteiger partial charge >= 0.3 is 0 Å². The van der Waals surface area contributed by atoms with Gasteiger partial charge in [-0.3, -0.25) is 9.59 Å². The highest BCUT2D eigenvalue weighted by Gasteiger charge is 2.11. The highest BCUT2D eigenvalue weighted by atomic mass is 16.2. The van der Waals surface area contributed by atoms with Gasteiger partial charge in [-0.15, -0.1) is 6.42 Å². The number of nitrogens with one attached hydrogen (secondary N) is 1. The maximum atomic E-state index is 12.0. The van der Waals surface area contributed by atoms with Crippen molar-refractivity contribution in [1.29, 1.82) is 0 Å². The van der Waals surface area contributed by atoms with Crippen molar-refractivity contribution in [2.45, 2.75) is 26.7 Å². The molecule has 3 heteroatoms. The second-order valence-electron chi connectivity index (χ2n) is 4.22. The highest BCUT2D eigenvalue weighted by Crippen LogP contribution is 2.13. The number of Topliss-reactive ketones (excluding diaryl/α,β-unsaturated/α-hetero) is 1. The Morgan fingerprint density at radius 1 is 1.28 bits per heavy atom. The molecule has 0 aliphatic carbocycles. The third kappa shape index (κ3) is 4.06. The Hall–Kier alpha value is -2.08. The summed E-state index contributed by atoms with van der Waals surface area (Å²) in [6, 6.07) is 5.74. The Labute approximate surface area is 108 Å². The van der Waals surface area contributed by atoms with Gasteiger partial charge in [-0.2, -0.15) is 0 Å². The van der Waals surface area contributed by atoms with E-state index in [0.717, 1.165) is 11.1 Å². The van der Waals surface area contributed by atoms with Crippen molar-refractivity contribution < 1.29 is 9.59 Å². The van der Waals surface area contributed by atoms with Crippen LogP contribution in [0.15, 0.2) is 18.2 Å². The van der Waals surface area contributed by atoms with Crippen LogP contribution in [0.5, 0.6) is 0 Å². The maximum absolute atomic E-state index is 12.0. The third-order valence-corrected chi connectivity index (χ3v) is 2.66. The quantitative estimate of drug-likeness (QED) is 0.635. The van der Waals surface area contributed by atoms with Crippen molar-refractivity contribution in [1.82, 2.24) is 5.32 Å². The molecule has 1 rings (SSSR count). The third-order valence-electron chi connectivity index (χ3n) is 2.66. The maximum Gasteiger partial charge on any atom is 0.221 e. The van der Waals surface area contributed by atoms with Crippen LogP contribution >= 0.6 is 0 Å². The molecule has 94 valence electrons. The van der Waals surface area contributed by atoms with Gasteiger partial charge < -0.3 is 5.32 Å². The van der Waals surface area contributed by atoms with Crippen LogP contribution in [0.3, 0.4) is 0 Å². The molecule has 0 saturated carbocycles. The van der Waals surface area contributed by atoms with Crippen LogP contribution in [0, 0.1) is 26.2 Å². The lowest BCUT2D eigenvalue weighted by Gasteiger charge is -2.06. The summed E-state index contributed by atoms with van der Waals surface area (Å²) >= 11 is 0. The molecule has 3 nitrogen and oxygen atoms in total. The standard InChI is InChI=1S/C15H17NO2/c1-4-9-16-15(18)8-7-14(17)13-10-11(2)5-6-12(13)3/h1,5-6,10H,7-9H2,2-3H3,(H,16,18). The summed E-state index contributed by atoms with van der Waals surface area (Å²) in [6.45, 7) is 4.04. The van der Waals surface area contributed by atoms with Crippen LogP contribution in [0.25, 0.3) is 0 Å². The van der Waals surface area contributed by atoms with E-state index >= 15 is 0 Å². The first-order chi connectivity index (χ1) is 8.54. The van der Waals surface area contributed by atoms with Gasteiger partial charge in [0.2, 0.25) is 5.91 Å². The highest BCUT2D eigenvalue weighted by molar-refractivity contribution is 5.99. The number of terminal acetylenes is 1. The second kappa shape index (κ2) is 6.61. The number of carbonyl (C=O) groups is 2. The molecule has 1 amide bonds. The molecular weight excluding hydrogens is 226 g/mol. The molecule has 0 fully saturated rings. The summed E-state index contributed by atoms with van der Waals surface area (Å²) in [5, 5.41) is 2.54. The van der Waals surface area contributed by atoms with E-state index in [1.807, 2.05) is 32.0 Å². The lowest BCUT2D eigenvalue weighted by atomic mass is 9.99. The number of hydrogen-bond donors (Lipinski definition) is 1. The van der Waals surface area contributed by atoms with Gasteiger partial charge in [0.15, 0.2) is 5.78 Å². The zero-order valence-electron chi connectivity index (χ0n) is 10.7. The molecule has 0 unspecified atom stereocenters. The Bertz CT molecular complexity index is 498. The Balaban J connectivity index is 2.58. The van der Waals surface area contributed by atoms with Gasteiger partial charge in [0.25, 0.3) is 0 Å². The van der Waals surface area contributed by atoms with Crippen molar-refractivity contribution in [3.05, 3.63) is 34.9 Å². The molecule has 0 aromatic heterocycles. The molecule has 1 aromatic carbocycles. The SMILES string of the molecule is C#CCNC(=O)CCC(=O)c1cc(C)ccc1C. The summed E-state index contributed by atoms with van der Waals surface area (Å²) in [5.74, 6) is 2.12. The van der Waals surface area contributed by atoms with Crippen molar-refractivity contribution in [3.63, 3.8) is 0 Å². The van der Waals surface area contributed by atoms with E-state index in [4.69, 9.17) is 6.42 Å². The number of ketones is 1. The average molecular weight is 243 g/mol. The zero-order valence-corrected chi connectivity index (χ0v) is 10.7.